The number of nitrogens with zero attached hydrogens (tertiary/aromatic N) is 5. The second-order valence-corrected chi connectivity index (χ2v) is 5.77. The SMILES string of the molecule is CC(C)Oc1ncccc1NC(=O)C(C)n1cnc2c(N)ncnc21. The molecule has 0 spiro atoms. The molecule has 0 saturated carbocycles. The molecule has 3 N–H and O–H groups in total. The van der Waals surface area contributed by atoms with Crippen LogP contribution in [0.5, 0.6) is 5.88 Å². The first-order valence-electron chi connectivity index (χ1n) is 7.83. The Kier molecular flexibility index (Phi) is 4.46. The van der Waals surface area contributed by atoms with Crippen LogP contribution in [-0.4, -0.2) is 36.5 Å². The van der Waals surface area contributed by atoms with E-state index in [1.807, 2.05) is 13.8 Å². The zero-order valence-electron chi connectivity index (χ0n) is 14.2. The van der Waals surface area contributed by atoms with Crippen LogP contribution in [0, 0.1) is 0 Å². The van der Waals surface area contributed by atoms with Gasteiger partial charge in [0.1, 0.15) is 23.6 Å². The lowest BCUT2D eigenvalue weighted by molar-refractivity contribution is -0.118. The van der Waals surface area contributed by atoms with E-state index in [0.717, 1.165) is 0 Å². The van der Waals surface area contributed by atoms with Gasteiger partial charge in [-0.15, -0.1) is 0 Å². The summed E-state index contributed by atoms with van der Waals surface area (Å²) in [5.74, 6) is 0.398. The van der Waals surface area contributed by atoms with Crippen molar-refractivity contribution < 1.29 is 9.53 Å². The topological polar surface area (TPSA) is 121 Å². The monoisotopic (exact) mass is 341 g/mol. The minimum atomic E-state index is -0.564. The van der Waals surface area contributed by atoms with Gasteiger partial charge in [-0.3, -0.25) is 4.79 Å². The molecule has 9 heteroatoms. The van der Waals surface area contributed by atoms with Crippen molar-refractivity contribution in [1.82, 2.24) is 24.5 Å². The van der Waals surface area contributed by atoms with Gasteiger partial charge < -0.3 is 20.4 Å². The highest BCUT2D eigenvalue weighted by Crippen LogP contribution is 2.24. The molecular formula is C16H19N7O2. The molecule has 1 atom stereocenters. The van der Waals surface area contributed by atoms with E-state index in [0.29, 0.717) is 22.7 Å². The van der Waals surface area contributed by atoms with E-state index in [-0.39, 0.29) is 17.8 Å². The third-order valence-corrected chi connectivity index (χ3v) is 3.56. The number of pyridine rings is 1. The molecule has 0 radical (unpaired) electrons. The summed E-state index contributed by atoms with van der Waals surface area (Å²) in [5.41, 5.74) is 7.25. The van der Waals surface area contributed by atoms with Gasteiger partial charge >= 0.3 is 0 Å². The first-order valence-corrected chi connectivity index (χ1v) is 7.83. The van der Waals surface area contributed by atoms with Gasteiger partial charge in [-0.1, -0.05) is 0 Å². The van der Waals surface area contributed by atoms with E-state index in [4.69, 9.17) is 10.5 Å². The van der Waals surface area contributed by atoms with Crippen molar-refractivity contribution in [2.24, 2.45) is 0 Å². The summed E-state index contributed by atoms with van der Waals surface area (Å²) >= 11 is 0. The molecule has 0 aliphatic heterocycles. The zero-order valence-corrected chi connectivity index (χ0v) is 14.2. The fraction of sp³-hybridized carbons (Fsp3) is 0.312. The van der Waals surface area contributed by atoms with Gasteiger partial charge in [0.15, 0.2) is 11.5 Å². The Morgan fingerprint density at radius 2 is 2.04 bits per heavy atom. The Balaban J connectivity index is 1.85. The van der Waals surface area contributed by atoms with Crippen molar-refractivity contribution in [2.45, 2.75) is 32.9 Å². The average Bonchev–Trinajstić information content (AvgIpc) is 3.01. The third kappa shape index (κ3) is 3.35. The first-order chi connectivity index (χ1) is 12.0. The molecule has 3 aromatic rings. The number of hydrogen-bond acceptors (Lipinski definition) is 7. The maximum absolute atomic E-state index is 12.7. The molecule has 3 aromatic heterocycles. The largest absolute Gasteiger partial charge is 0.473 e. The molecule has 0 aliphatic carbocycles. The Morgan fingerprint density at radius 1 is 1.24 bits per heavy atom. The predicted octanol–water partition coefficient (Wildman–Crippen LogP) is 1.79. The number of nitrogens with one attached hydrogen (secondary N) is 1. The summed E-state index contributed by atoms with van der Waals surface area (Å²) in [4.78, 5) is 29.1. The van der Waals surface area contributed by atoms with Crippen LogP contribution in [0.4, 0.5) is 11.5 Å². The van der Waals surface area contributed by atoms with Gasteiger partial charge in [-0.05, 0) is 32.9 Å². The number of anilines is 2. The van der Waals surface area contributed by atoms with Gasteiger partial charge in [0.25, 0.3) is 0 Å². The van der Waals surface area contributed by atoms with Gasteiger partial charge in [0.05, 0.1) is 12.4 Å². The van der Waals surface area contributed by atoms with Crippen LogP contribution in [-0.2, 0) is 4.79 Å². The maximum atomic E-state index is 12.7. The molecule has 25 heavy (non-hydrogen) atoms. The van der Waals surface area contributed by atoms with Gasteiger partial charge in [0.2, 0.25) is 11.8 Å². The standard InChI is InChI=1S/C16H19N7O2/c1-9(2)25-16-11(5-4-6-18-16)22-15(24)10(3)23-8-21-12-13(17)19-7-20-14(12)23/h4-10H,1-3H3,(H,22,24)(H2,17,19,20). The number of carbonyl (C=O) groups excluding carboxylic acids is 1. The Labute approximate surface area is 144 Å². The molecule has 0 saturated heterocycles. The van der Waals surface area contributed by atoms with Crippen molar-refractivity contribution in [2.75, 3.05) is 11.1 Å². The van der Waals surface area contributed by atoms with Gasteiger partial charge in [-0.25, -0.2) is 19.9 Å². The summed E-state index contributed by atoms with van der Waals surface area (Å²) in [5, 5.41) is 2.83. The van der Waals surface area contributed by atoms with Crippen molar-refractivity contribution in [1.29, 1.82) is 0 Å². The van der Waals surface area contributed by atoms with E-state index in [1.54, 1.807) is 29.8 Å². The smallest absolute Gasteiger partial charge is 0.247 e. The van der Waals surface area contributed by atoms with Crippen LogP contribution in [0.2, 0.25) is 0 Å². The number of fused-ring (bicyclic) bond motifs is 1. The van der Waals surface area contributed by atoms with E-state index in [2.05, 4.69) is 25.3 Å². The summed E-state index contributed by atoms with van der Waals surface area (Å²) in [6, 6.07) is 2.90. The fourth-order valence-electron chi connectivity index (χ4n) is 2.32. The maximum Gasteiger partial charge on any atom is 0.247 e. The van der Waals surface area contributed by atoms with Crippen LogP contribution >= 0.6 is 0 Å². The van der Waals surface area contributed by atoms with Gasteiger partial charge in [-0.2, -0.15) is 0 Å². The third-order valence-electron chi connectivity index (χ3n) is 3.56. The highest BCUT2D eigenvalue weighted by molar-refractivity contribution is 5.95. The molecule has 3 heterocycles. The molecule has 1 amide bonds. The average molecular weight is 341 g/mol. The minimum Gasteiger partial charge on any atom is -0.473 e. The number of hydrogen-bond donors (Lipinski definition) is 2. The first kappa shape index (κ1) is 16.6. The van der Waals surface area contributed by atoms with Crippen molar-refractivity contribution in [3.05, 3.63) is 31.0 Å². The number of aromatic nitrogens is 5. The van der Waals surface area contributed by atoms with E-state index < -0.39 is 6.04 Å². The number of imidazole rings is 1. The van der Waals surface area contributed by atoms with Crippen LogP contribution in [0.25, 0.3) is 11.2 Å². The Morgan fingerprint density at radius 3 is 2.80 bits per heavy atom. The van der Waals surface area contributed by atoms with E-state index in [9.17, 15) is 4.79 Å². The van der Waals surface area contributed by atoms with Crippen molar-refractivity contribution >= 4 is 28.6 Å². The number of amides is 1. The minimum absolute atomic E-state index is 0.0553. The lowest BCUT2D eigenvalue weighted by atomic mass is 10.3. The normalized spacial score (nSPS) is 12.3. The summed E-state index contributed by atoms with van der Waals surface area (Å²) in [7, 11) is 0. The highest BCUT2D eigenvalue weighted by Gasteiger charge is 2.20. The van der Waals surface area contributed by atoms with E-state index >= 15 is 0 Å². The van der Waals surface area contributed by atoms with Crippen LogP contribution in [0.15, 0.2) is 31.0 Å². The molecule has 0 aromatic carbocycles. The van der Waals surface area contributed by atoms with E-state index in [1.165, 1.54) is 12.7 Å². The fourth-order valence-corrected chi connectivity index (χ4v) is 2.32. The molecule has 1 unspecified atom stereocenters. The highest BCUT2D eigenvalue weighted by atomic mass is 16.5. The van der Waals surface area contributed by atoms with Crippen molar-refractivity contribution in [3.63, 3.8) is 0 Å². The number of nitrogens with two attached hydrogens (primary N) is 1. The second kappa shape index (κ2) is 6.71. The summed E-state index contributed by atoms with van der Waals surface area (Å²) < 4.78 is 7.26. The van der Waals surface area contributed by atoms with Crippen LogP contribution in [0.3, 0.4) is 0 Å². The Hall–Kier alpha value is -3.23. The zero-order chi connectivity index (χ0) is 18.0. The quantitative estimate of drug-likeness (QED) is 0.725. The molecule has 9 nitrogen and oxygen atoms in total. The molecule has 0 bridgehead atoms. The number of ether oxygens (including phenoxy) is 1. The lowest BCUT2D eigenvalue weighted by Gasteiger charge is -2.17. The molecular weight excluding hydrogens is 322 g/mol. The van der Waals surface area contributed by atoms with Crippen LogP contribution in [0.1, 0.15) is 26.8 Å². The number of nitrogen functional groups attached to an aromatic ring is 1. The second-order valence-electron chi connectivity index (χ2n) is 5.77. The molecule has 0 fully saturated rings. The lowest BCUT2D eigenvalue weighted by Crippen LogP contribution is -2.24. The summed E-state index contributed by atoms with van der Waals surface area (Å²) in [6.07, 6.45) is 4.42. The van der Waals surface area contributed by atoms with Crippen LogP contribution < -0.4 is 15.8 Å². The number of rotatable bonds is 5. The Bertz CT molecular complexity index is 906. The molecule has 0 aliphatic rings. The molecule has 3 rings (SSSR count). The predicted molar refractivity (Wildman–Crippen MR) is 93.1 cm³/mol. The molecule has 130 valence electrons. The van der Waals surface area contributed by atoms with Gasteiger partial charge in [0, 0.05) is 6.20 Å². The van der Waals surface area contributed by atoms with Crippen molar-refractivity contribution in [3.8, 4) is 5.88 Å². The summed E-state index contributed by atoms with van der Waals surface area (Å²) in [6.45, 7) is 5.53. The number of carbonyl (C=O) groups is 1.